The lowest BCUT2D eigenvalue weighted by Gasteiger charge is -2.36. The summed E-state index contributed by atoms with van der Waals surface area (Å²) in [6.07, 6.45) is 2.73. The molecule has 10 nitrogen and oxygen atoms in total. The van der Waals surface area contributed by atoms with Crippen LogP contribution < -0.4 is 9.80 Å². The number of aromatic nitrogens is 4. The molecule has 0 aliphatic carbocycles. The number of nitrogens with one attached hydrogen (secondary N) is 1. The maximum Gasteiger partial charge on any atom is 0.260 e. The minimum Gasteiger partial charge on any atom is -0.354 e. The molecular formula is C17H26N8O2S. The lowest BCUT2D eigenvalue weighted by molar-refractivity contribution is 0.312. The highest BCUT2D eigenvalue weighted by Crippen LogP contribution is 2.23. The van der Waals surface area contributed by atoms with E-state index in [0.717, 1.165) is 43.6 Å². The number of hydrogen-bond acceptors (Lipinski definition) is 8. The summed E-state index contributed by atoms with van der Waals surface area (Å²) < 4.78 is 26.8. The summed E-state index contributed by atoms with van der Waals surface area (Å²) in [5.41, 5.74) is 0. The van der Waals surface area contributed by atoms with E-state index in [-0.39, 0.29) is 5.03 Å². The van der Waals surface area contributed by atoms with E-state index in [4.69, 9.17) is 0 Å². The molecule has 152 valence electrons. The molecule has 0 bridgehead atoms. The number of piperazine rings is 2. The monoisotopic (exact) mass is 406 g/mol. The number of aryl methyl sites for hydroxylation is 1. The van der Waals surface area contributed by atoms with Crippen LogP contribution in [-0.4, -0.2) is 97.0 Å². The maximum absolute atomic E-state index is 12.6. The van der Waals surface area contributed by atoms with Crippen LogP contribution in [0.5, 0.6) is 0 Å². The molecule has 0 saturated carbocycles. The number of rotatable bonds is 4. The zero-order chi connectivity index (χ0) is 19.7. The number of aromatic amines is 1. The number of nitrogens with zero attached hydrogens (tertiary/aromatic N) is 7. The van der Waals surface area contributed by atoms with Crippen molar-refractivity contribution in [3.63, 3.8) is 0 Å². The van der Waals surface area contributed by atoms with Gasteiger partial charge in [-0.3, -0.25) is 0 Å². The summed E-state index contributed by atoms with van der Waals surface area (Å²) in [7, 11) is -1.39. The second-order valence-electron chi connectivity index (χ2n) is 7.23. The first kappa shape index (κ1) is 19.1. The second kappa shape index (κ2) is 7.64. The SMILES string of the molecule is Cc1nc(N2CCN(C)CC2)cc(N2CCN(S(=O)(=O)c3cnc[nH]3)CC2)n1. The summed E-state index contributed by atoms with van der Waals surface area (Å²) in [6.45, 7) is 7.83. The predicted molar refractivity (Wildman–Crippen MR) is 106 cm³/mol. The zero-order valence-corrected chi connectivity index (χ0v) is 17.1. The van der Waals surface area contributed by atoms with Crippen LogP contribution in [0.4, 0.5) is 11.6 Å². The van der Waals surface area contributed by atoms with Crippen LogP contribution in [0.3, 0.4) is 0 Å². The smallest absolute Gasteiger partial charge is 0.260 e. The third-order valence-electron chi connectivity index (χ3n) is 5.29. The molecule has 2 aliphatic heterocycles. The van der Waals surface area contributed by atoms with Gasteiger partial charge in [-0.2, -0.15) is 4.31 Å². The van der Waals surface area contributed by atoms with Gasteiger partial charge in [0.15, 0.2) is 5.03 Å². The van der Waals surface area contributed by atoms with Crippen molar-refractivity contribution in [3.05, 3.63) is 24.4 Å². The van der Waals surface area contributed by atoms with Crippen LogP contribution >= 0.6 is 0 Å². The third kappa shape index (κ3) is 3.82. The van der Waals surface area contributed by atoms with Crippen LogP contribution in [0.15, 0.2) is 23.6 Å². The summed E-state index contributed by atoms with van der Waals surface area (Å²) in [6, 6.07) is 2.03. The molecule has 4 rings (SSSR count). The van der Waals surface area contributed by atoms with Crippen molar-refractivity contribution in [1.29, 1.82) is 0 Å². The Labute approximate surface area is 165 Å². The van der Waals surface area contributed by atoms with Gasteiger partial charge in [0.2, 0.25) is 0 Å². The molecule has 0 unspecified atom stereocenters. The second-order valence-corrected chi connectivity index (χ2v) is 9.14. The normalized spacial score (nSPS) is 19.9. The topological polar surface area (TPSA) is 102 Å². The first-order valence-corrected chi connectivity index (χ1v) is 10.9. The van der Waals surface area contributed by atoms with E-state index in [9.17, 15) is 8.42 Å². The van der Waals surface area contributed by atoms with Gasteiger partial charge in [0.1, 0.15) is 17.5 Å². The molecule has 0 amide bonds. The van der Waals surface area contributed by atoms with Gasteiger partial charge in [0.05, 0.1) is 12.5 Å². The van der Waals surface area contributed by atoms with Gasteiger partial charge in [-0.25, -0.2) is 23.4 Å². The van der Waals surface area contributed by atoms with E-state index in [1.807, 2.05) is 13.0 Å². The van der Waals surface area contributed by atoms with Gasteiger partial charge in [-0.15, -0.1) is 0 Å². The number of anilines is 2. The van der Waals surface area contributed by atoms with Gasteiger partial charge in [-0.1, -0.05) is 0 Å². The first-order chi connectivity index (χ1) is 13.4. The molecule has 2 fully saturated rings. The quantitative estimate of drug-likeness (QED) is 0.743. The first-order valence-electron chi connectivity index (χ1n) is 9.46. The molecule has 2 saturated heterocycles. The van der Waals surface area contributed by atoms with Crippen molar-refractivity contribution in [2.75, 3.05) is 69.2 Å². The van der Waals surface area contributed by atoms with Crippen molar-refractivity contribution >= 4 is 21.7 Å². The number of likely N-dealkylation sites (N-methyl/N-ethyl adjacent to an activating group) is 1. The lowest BCUT2D eigenvalue weighted by atomic mass is 10.3. The summed E-state index contributed by atoms with van der Waals surface area (Å²) in [5, 5.41) is 0.135. The minimum atomic E-state index is -3.52. The van der Waals surface area contributed by atoms with E-state index < -0.39 is 10.0 Å². The van der Waals surface area contributed by atoms with Crippen molar-refractivity contribution in [2.24, 2.45) is 0 Å². The van der Waals surface area contributed by atoms with Crippen molar-refractivity contribution in [1.82, 2.24) is 29.1 Å². The van der Waals surface area contributed by atoms with Crippen LogP contribution in [-0.2, 0) is 10.0 Å². The Bertz CT molecular complexity index is 901. The highest BCUT2D eigenvalue weighted by atomic mass is 32.2. The predicted octanol–water partition coefficient (Wildman–Crippen LogP) is -0.229. The standard InChI is InChI=1S/C17H26N8O2S/c1-14-20-15(23-5-3-22(2)4-6-23)11-16(21-14)24-7-9-25(10-8-24)28(26,27)17-12-18-13-19-17/h11-13H,3-10H2,1-2H3,(H,18,19). The third-order valence-corrected chi connectivity index (χ3v) is 7.12. The lowest BCUT2D eigenvalue weighted by Crippen LogP contribution is -2.49. The fourth-order valence-corrected chi connectivity index (χ4v) is 4.89. The summed E-state index contributed by atoms with van der Waals surface area (Å²) in [4.78, 5) is 22.5. The Hall–Kier alpha value is -2.24. The van der Waals surface area contributed by atoms with Crippen LogP contribution in [0.2, 0.25) is 0 Å². The Morgan fingerprint density at radius 3 is 2.04 bits per heavy atom. The Kier molecular flexibility index (Phi) is 5.21. The van der Waals surface area contributed by atoms with E-state index in [1.54, 1.807) is 0 Å². The molecule has 2 aromatic heterocycles. The number of H-pyrrole nitrogens is 1. The van der Waals surface area contributed by atoms with Crippen LogP contribution in [0.25, 0.3) is 0 Å². The molecule has 2 aliphatic rings. The molecule has 1 N–H and O–H groups in total. The summed E-state index contributed by atoms with van der Waals surface area (Å²) in [5.74, 6) is 2.54. The fourth-order valence-electron chi connectivity index (χ4n) is 3.58. The molecule has 28 heavy (non-hydrogen) atoms. The average molecular weight is 407 g/mol. The minimum absolute atomic E-state index is 0.135. The molecule has 0 radical (unpaired) electrons. The molecule has 2 aromatic rings. The van der Waals surface area contributed by atoms with Crippen molar-refractivity contribution in [3.8, 4) is 0 Å². The van der Waals surface area contributed by atoms with Gasteiger partial charge in [0, 0.05) is 58.4 Å². The van der Waals surface area contributed by atoms with Gasteiger partial charge < -0.3 is 19.7 Å². The Balaban J connectivity index is 1.46. The van der Waals surface area contributed by atoms with E-state index in [0.29, 0.717) is 26.2 Å². The highest BCUT2D eigenvalue weighted by molar-refractivity contribution is 7.89. The van der Waals surface area contributed by atoms with E-state index in [1.165, 1.54) is 16.8 Å². The van der Waals surface area contributed by atoms with E-state index >= 15 is 0 Å². The Morgan fingerprint density at radius 2 is 1.50 bits per heavy atom. The molecular weight excluding hydrogens is 380 g/mol. The van der Waals surface area contributed by atoms with Crippen molar-refractivity contribution < 1.29 is 8.42 Å². The number of imidazole rings is 1. The number of hydrogen-bond donors (Lipinski definition) is 1. The summed E-state index contributed by atoms with van der Waals surface area (Å²) >= 11 is 0. The molecule has 0 spiro atoms. The van der Waals surface area contributed by atoms with Crippen LogP contribution in [0.1, 0.15) is 5.82 Å². The number of sulfonamides is 1. The van der Waals surface area contributed by atoms with Crippen LogP contribution in [0, 0.1) is 6.92 Å². The van der Waals surface area contributed by atoms with Gasteiger partial charge in [-0.05, 0) is 14.0 Å². The molecule has 0 atom stereocenters. The van der Waals surface area contributed by atoms with E-state index in [2.05, 4.69) is 41.7 Å². The molecule has 4 heterocycles. The molecule has 11 heteroatoms. The highest BCUT2D eigenvalue weighted by Gasteiger charge is 2.30. The average Bonchev–Trinajstić information content (AvgIpc) is 3.24. The largest absolute Gasteiger partial charge is 0.354 e. The Morgan fingerprint density at radius 1 is 0.929 bits per heavy atom. The zero-order valence-electron chi connectivity index (χ0n) is 16.2. The van der Waals surface area contributed by atoms with Gasteiger partial charge >= 0.3 is 0 Å². The fraction of sp³-hybridized carbons (Fsp3) is 0.588. The van der Waals surface area contributed by atoms with Gasteiger partial charge in [0.25, 0.3) is 10.0 Å². The molecule has 0 aromatic carbocycles. The maximum atomic E-state index is 12.6. The van der Waals surface area contributed by atoms with Crippen molar-refractivity contribution in [2.45, 2.75) is 11.9 Å².